The van der Waals surface area contributed by atoms with Gasteiger partial charge in [0.25, 0.3) is 15.6 Å². The van der Waals surface area contributed by atoms with Crippen LogP contribution in [0.2, 0.25) is 0 Å². The molecule has 8 nitrogen and oxygen atoms in total. The Morgan fingerprint density at radius 3 is 2.53 bits per heavy atom. The number of methoxy groups -OCH3 is 1. The van der Waals surface area contributed by atoms with E-state index < -0.39 is 40.4 Å². The zero-order valence-electron chi connectivity index (χ0n) is 18.6. The number of nitrogens with one attached hydrogen (secondary N) is 1. The van der Waals surface area contributed by atoms with Gasteiger partial charge in [-0.05, 0) is 54.4 Å². The molecule has 0 spiro atoms. The highest BCUT2D eigenvalue weighted by molar-refractivity contribution is 7.92. The number of hydrogen-bond acceptors (Lipinski definition) is 6. The molecule has 0 aliphatic heterocycles. The molecule has 188 valence electrons. The van der Waals surface area contributed by atoms with E-state index in [1.165, 1.54) is 49.7 Å². The summed E-state index contributed by atoms with van der Waals surface area (Å²) in [4.78, 5) is 12.6. The number of alkyl halides is 3. The van der Waals surface area contributed by atoms with Gasteiger partial charge in [-0.25, -0.2) is 12.8 Å². The van der Waals surface area contributed by atoms with Gasteiger partial charge >= 0.3 is 6.18 Å². The normalized spacial score (nSPS) is 12.0. The molecule has 2 aromatic carbocycles. The Labute approximate surface area is 202 Å². The van der Waals surface area contributed by atoms with Crippen LogP contribution in [0.25, 0.3) is 16.6 Å². The number of ether oxygens (including phenoxy) is 1. The molecule has 4 aromatic rings. The third-order valence-corrected chi connectivity index (χ3v) is 6.61. The van der Waals surface area contributed by atoms with Gasteiger partial charge in [-0.15, -0.1) is 5.10 Å². The first-order chi connectivity index (χ1) is 17.0. The third-order valence-electron chi connectivity index (χ3n) is 5.25. The highest BCUT2D eigenvalue weighted by Crippen LogP contribution is 2.31. The van der Waals surface area contributed by atoms with Crippen LogP contribution in [-0.4, -0.2) is 36.5 Å². The van der Waals surface area contributed by atoms with E-state index in [-0.39, 0.29) is 33.2 Å². The molecular formula is C23H18F4N4O4S. The van der Waals surface area contributed by atoms with Gasteiger partial charge in [-0.1, -0.05) is 0 Å². The van der Waals surface area contributed by atoms with Crippen LogP contribution in [0.5, 0.6) is 5.75 Å². The zero-order chi connectivity index (χ0) is 26.1. The summed E-state index contributed by atoms with van der Waals surface area (Å²) in [6.07, 6.45) is -4.91. The van der Waals surface area contributed by atoms with Crippen molar-refractivity contribution < 1.29 is 30.7 Å². The average Bonchev–Trinajstić information content (AvgIpc) is 2.82. The second-order valence-electron chi connectivity index (χ2n) is 7.67. The van der Waals surface area contributed by atoms with E-state index >= 15 is 0 Å². The smallest absolute Gasteiger partial charge is 0.389 e. The van der Waals surface area contributed by atoms with Crippen molar-refractivity contribution in [2.75, 3.05) is 11.8 Å². The molecule has 0 aliphatic rings. The van der Waals surface area contributed by atoms with Gasteiger partial charge in [0, 0.05) is 30.1 Å². The molecule has 13 heteroatoms. The molecule has 2 aromatic heterocycles. The molecule has 2 heterocycles. The van der Waals surface area contributed by atoms with Crippen LogP contribution in [0.15, 0.2) is 70.5 Å². The van der Waals surface area contributed by atoms with Crippen LogP contribution in [0.4, 0.5) is 23.4 Å². The van der Waals surface area contributed by atoms with Crippen molar-refractivity contribution in [1.82, 2.24) is 14.8 Å². The van der Waals surface area contributed by atoms with Crippen molar-refractivity contribution in [3.05, 3.63) is 82.5 Å². The number of hydrogen-bond donors (Lipinski definition) is 1. The first-order valence-electron chi connectivity index (χ1n) is 10.4. The predicted molar refractivity (Wildman–Crippen MR) is 123 cm³/mol. The topological polar surface area (TPSA) is 103 Å². The standard InChI is InChI=1S/C23H18F4N4O4S/c1-35-20-12-14(8-9-23(25,26)27)17(24)13-19(20)31-18-6-5-16(11-15(18)4-7-22(31)32)36(33,34)30-21-3-2-10-28-29-21/h2-7,10-13H,8-9H2,1H3,(H,29,30). The summed E-state index contributed by atoms with van der Waals surface area (Å²) in [5, 5.41) is 7.61. The fourth-order valence-electron chi connectivity index (χ4n) is 3.58. The van der Waals surface area contributed by atoms with Gasteiger partial charge in [-0.3, -0.25) is 14.1 Å². The molecular weight excluding hydrogens is 504 g/mol. The lowest BCUT2D eigenvalue weighted by Gasteiger charge is -2.17. The quantitative estimate of drug-likeness (QED) is 0.365. The van der Waals surface area contributed by atoms with E-state index in [1.54, 1.807) is 0 Å². The largest absolute Gasteiger partial charge is 0.495 e. The van der Waals surface area contributed by atoms with Crippen molar-refractivity contribution >= 4 is 26.7 Å². The molecule has 0 saturated carbocycles. The second-order valence-corrected chi connectivity index (χ2v) is 9.36. The van der Waals surface area contributed by atoms with Crippen LogP contribution in [0, 0.1) is 5.82 Å². The summed E-state index contributed by atoms with van der Waals surface area (Å²) in [6, 6.07) is 11.4. The monoisotopic (exact) mass is 522 g/mol. The number of sulfonamides is 1. The lowest BCUT2D eigenvalue weighted by Crippen LogP contribution is -2.19. The maximum absolute atomic E-state index is 14.7. The minimum Gasteiger partial charge on any atom is -0.495 e. The van der Waals surface area contributed by atoms with E-state index in [9.17, 15) is 30.8 Å². The molecule has 0 saturated heterocycles. The lowest BCUT2D eigenvalue weighted by atomic mass is 10.1. The summed E-state index contributed by atoms with van der Waals surface area (Å²) in [7, 11) is -2.81. The van der Waals surface area contributed by atoms with Crippen LogP contribution in [-0.2, 0) is 16.4 Å². The minimum atomic E-state index is -4.47. The Morgan fingerprint density at radius 1 is 1.08 bits per heavy atom. The fraction of sp³-hybridized carbons (Fsp3) is 0.174. The van der Waals surface area contributed by atoms with Gasteiger partial charge < -0.3 is 4.74 Å². The van der Waals surface area contributed by atoms with Gasteiger partial charge in [0.1, 0.15) is 11.6 Å². The van der Waals surface area contributed by atoms with Gasteiger partial charge in [0.05, 0.1) is 23.2 Å². The van der Waals surface area contributed by atoms with E-state index in [1.807, 2.05) is 0 Å². The fourth-order valence-corrected chi connectivity index (χ4v) is 4.61. The zero-order valence-corrected chi connectivity index (χ0v) is 19.4. The number of rotatable bonds is 7. The van der Waals surface area contributed by atoms with Crippen molar-refractivity contribution in [2.24, 2.45) is 0 Å². The predicted octanol–water partition coefficient (Wildman–Crippen LogP) is 4.22. The van der Waals surface area contributed by atoms with Gasteiger partial charge in [0.2, 0.25) is 0 Å². The van der Waals surface area contributed by atoms with Crippen molar-refractivity contribution in [1.29, 1.82) is 0 Å². The number of anilines is 1. The Morgan fingerprint density at radius 2 is 1.86 bits per heavy atom. The average molecular weight is 522 g/mol. The van der Waals surface area contributed by atoms with Crippen LogP contribution < -0.4 is 15.0 Å². The van der Waals surface area contributed by atoms with E-state index in [0.29, 0.717) is 5.39 Å². The minimum absolute atomic E-state index is 0.00777. The summed E-state index contributed by atoms with van der Waals surface area (Å²) in [6.45, 7) is 0. The highest BCUT2D eigenvalue weighted by Gasteiger charge is 2.28. The van der Waals surface area contributed by atoms with E-state index in [2.05, 4.69) is 14.9 Å². The maximum Gasteiger partial charge on any atom is 0.389 e. The van der Waals surface area contributed by atoms with E-state index in [4.69, 9.17) is 4.74 Å². The maximum atomic E-state index is 14.7. The highest BCUT2D eigenvalue weighted by atomic mass is 32.2. The SMILES string of the molecule is COc1cc(CCC(F)(F)F)c(F)cc1-n1c(=O)ccc2cc(S(=O)(=O)Nc3cccnn3)ccc21. The van der Waals surface area contributed by atoms with Crippen molar-refractivity contribution in [3.8, 4) is 11.4 Å². The molecule has 0 unspecified atom stereocenters. The van der Waals surface area contributed by atoms with E-state index in [0.717, 1.165) is 22.8 Å². The van der Waals surface area contributed by atoms with Gasteiger partial charge in [0.15, 0.2) is 5.82 Å². The molecule has 0 atom stereocenters. The first kappa shape index (κ1) is 25.1. The first-order valence-corrected chi connectivity index (χ1v) is 11.9. The number of pyridine rings is 1. The molecule has 0 amide bonds. The Hall–Kier alpha value is -4.00. The lowest BCUT2D eigenvalue weighted by molar-refractivity contribution is -0.134. The molecule has 4 rings (SSSR count). The third kappa shape index (κ3) is 5.30. The molecule has 1 N–H and O–H groups in total. The van der Waals surface area contributed by atoms with Crippen molar-refractivity contribution in [3.63, 3.8) is 0 Å². The number of halogens is 4. The number of aryl methyl sites for hydroxylation is 1. The number of nitrogens with zero attached hydrogens (tertiary/aromatic N) is 3. The Bertz CT molecular complexity index is 1590. The summed E-state index contributed by atoms with van der Waals surface area (Å²) < 4.78 is 86.8. The molecule has 0 aliphatic carbocycles. The number of benzene rings is 2. The molecule has 0 radical (unpaired) electrons. The molecule has 0 fully saturated rings. The van der Waals surface area contributed by atoms with Crippen LogP contribution >= 0.6 is 0 Å². The van der Waals surface area contributed by atoms with Crippen LogP contribution in [0.3, 0.4) is 0 Å². The number of aromatic nitrogens is 3. The Kier molecular flexibility index (Phi) is 6.67. The van der Waals surface area contributed by atoms with Crippen LogP contribution in [0.1, 0.15) is 12.0 Å². The molecule has 36 heavy (non-hydrogen) atoms. The second kappa shape index (κ2) is 9.57. The summed E-state index contributed by atoms with van der Waals surface area (Å²) in [5.74, 6) is -0.955. The Balaban J connectivity index is 1.79. The summed E-state index contributed by atoms with van der Waals surface area (Å²) >= 11 is 0. The molecule has 0 bridgehead atoms. The summed E-state index contributed by atoms with van der Waals surface area (Å²) in [5.41, 5.74) is -0.627. The van der Waals surface area contributed by atoms with Gasteiger partial charge in [-0.2, -0.15) is 18.3 Å². The van der Waals surface area contributed by atoms with Crippen molar-refractivity contribution in [2.45, 2.75) is 23.9 Å². The number of fused-ring (bicyclic) bond motifs is 1.